The molecule has 2 aliphatic carbocycles. The summed E-state index contributed by atoms with van der Waals surface area (Å²) in [6.07, 6.45) is 9.01. The van der Waals surface area contributed by atoms with Crippen LogP contribution in [0, 0.1) is 11.3 Å². The molecule has 4 N–H and O–H groups in total. The molecule has 0 radical (unpaired) electrons. The number of urea groups is 1. The highest BCUT2D eigenvalue weighted by Crippen LogP contribution is 2.33. The average Bonchev–Trinajstić information content (AvgIpc) is 3.65. The van der Waals surface area contributed by atoms with Crippen LogP contribution in [-0.4, -0.2) is 83.8 Å². The number of rotatable bonds is 13. The van der Waals surface area contributed by atoms with E-state index in [-0.39, 0.29) is 47.9 Å². The first-order valence-corrected chi connectivity index (χ1v) is 19.1. The van der Waals surface area contributed by atoms with Crippen LogP contribution >= 0.6 is 0 Å². The number of hydrogen-bond acceptors (Lipinski definition) is 6. The van der Waals surface area contributed by atoms with Gasteiger partial charge in [-0.15, -0.1) is 0 Å². The summed E-state index contributed by atoms with van der Waals surface area (Å²) < 4.78 is 25.5. The normalized spacial score (nSPS) is 23.3. The highest BCUT2D eigenvalue weighted by atomic mass is 32.2. The van der Waals surface area contributed by atoms with Gasteiger partial charge in [0.15, 0.2) is 9.84 Å². The monoisotopic (exact) mass is 667 g/mol. The molecule has 11 nitrogen and oxygen atoms in total. The van der Waals surface area contributed by atoms with Crippen LogP contribution < -0.4 is 21.3 Å². The van der Waals surface area contributed by atoms with Crippen LogP contribution in [0.3, 0.4) is 0 Å². The van der Waals surface area contributed by atoms with E-state index in [9.17, 15) is 27.6 Å². The van der Waals surface area contributed by atoms with E-state index in [4.69, 9.17) is 0 Å². The standard InChI is InChI=1S/C34H61N5O6S/c1-9-10-14-25(21-26(40)35-24-15-16-24)36-29(41)27-23(2)17-20-39(27)30(42)28(32(3,4)5)37-31(43)38-34(18-12-11-13-19-34)22-46(44,45)33(6,7)8/h23-25,27-28H,9-22H2,1-8H3,(H,35,40)(H,36,41)(H2,37,38,43). The molecule has 3 rings (SSSR count). The minimum atomic E-state index is -3.52. The van der Waals surface area contributed by atoms with Gasteiger partial charge in [0.1, 0.15) is 12.1 Å². The summed E-state index contributed by atoms with van der Waals surface area (Å²) in [5, 5.41) is 12.0. The van der Waals surface area contributed by atoms with Gasteiger partial charge < -0.3 is 26.2 Å². The second-order valence-corrected chi connectivity index (χ2v) is 19.0. The van der Waals surface area contributed by atoms with Crippen LogP contribution in [0.1, 0.15) is 132 Å². The molecule has 4 unspecified atom stereocenters. The Morgan fingerprint density at radius 2 is 1.57 bits per heavy atom. The molecule has 3 aliphatic rings. The van der Waals surface area contributed by atoms with Crippen LogP contribution in [0.15, 0.2) is 0 Å². The molecule has 0 spiro atoms. The fourth-order valence-corrected chi connectivity index (χ4v) is 8.15. The van der Waals surface area contributed by atoms with Crippen molar-refractivity contribution in [3.63, 3.8) is 0 Å². The second-order valence-electron chi connectivity index (χ2n) is 16.2. The molecule has 5 amide bonds. The summed E-state index contributed by atoms with van der Waals surface area (Å²) in [5.74, 6) is -0.938. The van der Waals surface area contributed by atoms with Gasteiger partial charge in [-0.2, -0.15) is 0 Å². The second kappa shape index (κ2) is 15.2. The maximum absolute atomic E-state index is 14.2. The van der Waals surface area contributed by atoms with E-state index in [1.165, 1.54) is 0 Å². The average molecular weight is 668 g/mol. The van der Waals surface area contributed by atoms with Crippen molar-refractivity contribution >= 4 is 33.6 Å². The van der Waals surface area contributed by atoms with E-state index in [1.807, 2.05) is 27.7 Å². The van der Waals surface area contributed by atoms with Crippen LogP contribution in [0.5, 0.6) is 0 Å². The quantitative estimate of drug-likeness (QED) is 0.231. The van der Waals surface area contributed by atoms with Gasteiger partial charge in [-0.05, 0) is 70.6 Å². The van der Waals surface area contributed by atoms with E-state index in [0.29, 0.717) is 32.2 Å². The summed E-state index contributed by atoms with van der Waals surface area (Å²) in [5.41, 5.74) is -1.60. The first kappa shape index (κ1) is 38.1. The van der Waals surface area contributed by atoms with Crippen molar-refractivity contribution in [2.24, 2.45) is 11.3 Å². The molecule has 2 saturated carbocycles. The van der Waals surface area contributed by atoms with Crippen LogP contribution in [0.2, 0.25) is 0 Å². The summed E-state index contributed by atoms with van der Waals surface area (Å²) in [6.45, 7) is 15.0. The van der Waals surface area contributed by atoms with Crippen molar-refractivity contribution in [3.8, 4) is 0 Å². The van der Waals surface area contributed by atoms with E-state index in [1.54, 1.807) is 25.7 Å². The molecule has 46 heavy (non-hydrogen) atoms. The molecule has 4 atom stereocenters. The number of likely N-dealkylation sites (tertiary alicyclic amines) is 1. The Bertz CT molecular complexity index is 1200. The van der Waals surface area contributed by atoms with Crippen molar-refractivity contribution in [1.82, 2.24) is 26.2 Å². The van der Waals surface area contributed by atoms with Crippen molar-refractivity contribution in [2.45, 2.75) is 167 Å². The summed E-state index contributed by atoms with van der Waals surface area (Å²) in [4.78, 5) is 55.8. The predicted octanol–water partition coefficient (Wildman–Crippen LogP) is 4.20. The molecule has 3 fully saturated rings. The highest BCUT2D eigenvalue weighted by molar-refractivity contribution is 7.92. The number of hydrogen-bond donors (Lipinski definition) is 4. The molecule has 0 aromatic carbocycles. The molecule has 1 aliphatic heterocycles. The van der Waals surface area contributed by atoms with Gasteiger partial charge in [-0.3, -0.25) is 14.4 Å². The van der Waals surface area contributed by atoms with Crippen molar-refractivity contribution in [3.05, 3.63) is 0 Å². The minimum Gasteiger partial charge on any atom is -0.353 e. The smallest absolute Gasteiger partial charge is 0.315 e. The molecule has 264 valence electrons. The maximum Gasteiger partial charge on any atom is 0.315 e. The molecule has 0 aromatic rings. The minimum absolute atomic E-state index is 0.0645. The van der Waals surface area contributed by atoms with Crippen LogP contribution in [0.4, 0.5) is 4.79 Å². The molecule has 1 saturated heterocycles. The number of unbranched alkanes of at least 4 members (excludes halogenated alkanes) is 1. The lowest BCUT2D eigenvalue weighted by molar-refractivity contribution is -0.143. The fraction of sp³-hybridized carbons (Fsp3) is 0.882. The Balaban J connectivity index is 1.76. The van der Waals surface area contributed by atoms with Gasteiger partial charge in [0.25, 0.3) is 0 Å². The third-order valence-corrected chi connectivity index (χ3v) is 12.7. The van der Waals surface area contributed by atoms with Crippen molar-refractivity contribution < 1.29 is 27.6 Å². The molecular weight excluding hydrogens is 606 g/mol. The number of carbonyl (C=O) groups excluding carboxylic acids is 4. The van der Waals surface area contributed by atoms with Crippen LogP contribution in [0.25, 0.3) is 0 Å². The van der Waals surface area contributed by atoms with Crippen molar-refractivity contribution in [1.29, 1.82) is 0 Å². The lowest BCUT2D eigenvalue weighted by Crippen LogP contribution is -2.63. The molecule has 12 heteroatoms. The Kier molecular flexibility index (Phi) is 12.6. The van der Waals surface area contributed by atoms with Gasteiger partial charge in [0.05, 0.1) is 16.0 Å². The predicted molar refractivity (Wildman–Crippen MR) is 181 cm³/mol. The highest BCUT2D eigenvalue weighted by Gasteiger charge is 2.47. The number of amides is 5. The van der Waals surface area contributed by atoms with Gasteiger partial charge in [0.2, 0.25) is 17.7 Å². The van der Waals surface area contributed by atoms with E-state index >= 15 is 0 Å². The molecular formula is C34H61N5O6S. The number of nitrogens with one attached hydrogen (secondary N) is 4. The van der Waals surface area contributed by atoms with Gasteiger partial charge in [-0.25, -0.2) is 13.2 Å². The maximum atomic E-state index is 14.2. The van der Waals surface area contributed by atoms with Crippen LogP contribution in [-0.2, 0) is 24.2 Å². The molecule has 0 bridgehead atoms. The molecule has 0 aromatic heterocycles. The lowest BCUT2D eigenvalue weighted by atomic mass is 9.83. The van der Waals surface area contributed by atoms with Gasteiger partial charge in [0, 0.05) is 25.0 Å². The topological polar surface area (TPSA) is 154 Å². The van der Waals surface area contributed by atoms with Crippen molar-refractivity contribution in [2.75, 3.05) is 12.3 Å². The Morgan fingerprint density at radius 3 is 2.11 bits per heavy atom. The van der Waals surface area contributed by atoms with Gasteiger partial charge >= 0.3 is 6.03 Å². The Hall–Kier alpha value is -2.37. The summed E-state index contributed by atoms with van der Waals surface area (Å²) in [7, 11) is -3.52. The third-order valence-electron chi connectivity index (χ3n) is 9.86. The van der Waals surface area contributed by atoms with E-state index in [0.717, 1.165) is 44.9 Å². The summed E-state index contributed by atoms with van der Waals surface area (Å²) in [6, 6.07) is -2.33. The van der Waals surface area contributed by atoms with E-state index in [2.05, 4.69) is 28.2 Å². The Morgan fingerprint density at radius 1 is 0.935 bits per heavy atom. The fourth-order valence-electron chi connectivity index (χ4n) is 6.63. The SMILES string of the molecule is CCCCC(CC(=O)NC1CC1)NC(=O)C1C(C)CCN1C(=O)C(NC(=O)NC1(CS(=O)(=O)C(C)(C)C)CCCCC1)C(C)(C)C. The summed E-state index contributed by atoms with van der Waals surface area (Å²) >= 11 is 0. The molecule has 1 heterocycles. The first-order valence-electron chi connectivity index (χ1n) is 17.5. The Labute approximate surface area is 277 Å². The lowest BCUT2D eigenvalue weighted by Gasteiger charge is -2.41. The number of nitrogens with zero attached hydrogens (tertiary/aromatic N) is 1. The zero-order valence-corrected chi connectivity index (χ0v) is 30.4. The largest absolute Gasteiger partial charge is 0.353 e. The zero-order valence-electron chi connectivity index (χ0n) is 29.6. The first-order chi connectivity index (χ1) is 21.3. The van der Waals surface area contributed by atoms with Gasteiger partial charge in [-0.1, -0.05) is 66.7 Å². The third kappa shape index (κ3) is 10.3. The zero-order chi connectivity index (χ0) is 34.5. The number of carbonyl (C=O) groups is 4. The number of sulfone groups is 1. The van der Waals surface area contributed by atoms with E-state index < -0.39 is 43.7 Å².